The van der Waals surface area contributed by atoms with Crippen molar-refractivity contribution in [1.29, 1.82) is 0 Å². The lowest BCUT2D eigenvalue weighted by molar-refractivity contribution is 0.875. The highest BCUT2D eigenvalue weighted by molar-refractivity contribution is 5.85. The molecule has 0 N–H and O–H groups in total. The predicted molar refractivity (Wildman–Crippen MR) is 90.4 cm³/mol. The van der Waals surface area contributed by atoms with Crippen molar-refractivity contribution in [2.45, 2.75) is 0 Å². The second-order valence-corrected chi connectivity index (χ2v) is 4.80. The Morgan fingerprint density at radius 2 is 1.73 bits per heavy atom. The number of nitrogens with zero attached hydrogens (tertiary/aromatic N) is 6. The highest BCUT2D eigenvalue weighted by atomic mass is 35.5. The number of halogens is 1. The van der Waals surface area contributed by atoms with Gasteiger partial charge in [0.2, 0.25) is 0 Å². The molecule has 0 bridgehead atoms. The smallest absolute Gasteiger partial charge is 0.141 e. The van der Waals surface area contributed by atoms with Gasteiger partial charge in [-0.2, -0.15) is 5.10 Å². The normalized spacial score (nSPS) is 10.6. The molecule has 7 heteroatoms. The van der Waals surface area contributed by atoms with Crippen LogP contribution in [0.4, 0.5) is 5.69 Å². The van der Waals surface area contributed by atoms with Crippen molar-refractivity contribution in [1.82, 2.24) is 19.4 Å². The molecule has 2 aromatic heterocycles. The van der Waals surface area contributed by atoms with Crippen molar-refractivity contribution in [3.8, 4) is 5.69 Å². The third-order valence-electron chi connectivity index (χ3n) is 3.15. The van der Waals surface area contributed by atoms with Crippen LogP contribution in [-0.4, -0.2) is 39.8 Å². The molecule has 0 aliphatic heterocycles. The van der Waals surface area contributed by atoms with E-state index in [2.05, 4.69) is 49.0 Å². The Labute approximate surface area is 135 Å². The Balaban J connectivity index is 0.00000176. The topological polar surface area (TPSA) is 51.2 Å². The average molecular weight is 317 g/mol. The van der Waals surface area contributed by atoms with Gasteiger partial charge in [-0.3, -0.25) is 0 Å². The maximum atomic E-state index is 4.28. The molecular weight excluding hydrogens is 300 g/mol. The van der Waals surface area contributed by atoms with E-state index in [4.69, 9.17) is 0 Å². The quantitative estimate of drug-likeness (QED) is 0.695. The van der Waals surface area contributed by atoms with Crippen LogP contribution in [-0.2, 0) is 0 Å². The average Bonchev–Trinajstić information content (AvgIpc) is 3.16. The largest absolute Gasteiger partial charge is 0.378 e. The lowest BCUT2D eigenvalue weighted by atomic mass is 10.2. The maximum absolute atomic E-state index is 4.28. The van der Waals surface area contributed by atoms with Crippen LogP contribution in [0, 0.1) is 0 Å². The summed E-state index contributed by atoms with van der Waals surface area (Å²) in [6.07, 6.45) is 6.90. The zero-order valence-electron chi connectivity index (χ0n) is 12.4. The van der Waals surface area contributed by atoms with Gasteiger partial charge in [-0.1, -0.05) is 0 Å². The Kier molecular flexibility index (Phi) is 4.95. The van der Waals surface area contributed by atoms with Crippen LogP contribution < -0.4 is 4.90 Å². The molecule has 0 unspecified atom stereocenters. The monoisotopic (exact) mass is 316 g/mol. The van der Waals surface area contributed by atoms with Crippen LogP contribution in [0.1, 0.15) is 5.69 Å². The van der Waals surface area contributed by atoms with E-state index in [1.54, 1.807) is 23.5 Å². The van der Waals surface area contributed by atoms with Crippen LogP contribution in [0.5, 0.6) is 0 Å². The first-order valence-corrected chi connectivity index (χ1v) is 6.58. The summed E-state index contributed by atoms with van der Waals surface area (Å²) in [5, 5.41) is 11.7. The van der Waals surface area contributed by atoms with E-state index >= 15 is 0 Å². The van der Waals surface area contributed by atoms with Crippen molar-refractivity contribution in [3.63, 3.8) is 0 Å². The van der Waals surface area contributed by atoms with Crippen molar-refractivity contribution in [3.05, 3.63) is 60.9 Å². The van der Waals surface area contributed by atoms with E-state index in [0.717, 1.165) is 11.4 Å². The Bertz CT molecular complexity index is 728. The van der Waals surface area contributed by atoms with Gasteiger partial charge in [-0.15, -0.1) is 22.6 Å². The van der Waals surface area contributed by atoms with Gasteiger partial charge in [0.05, 0.1) is 11.9 Å². The first-order valence-electron chi connectivity index (χ1n) is 6.58. The minimum absolute atomic E-state index is 0. The summed E-state index contributed by atoms with van der Waals surface area (Å²) in [7, 11) is 4.06. The van der Waals surface area contributed by atoms with Crippen LogP contribution in [0.2, 0.25) is 0 Å². The number of hydrogen-bond donors (Lipinski definition) is 0. The second kappa shape index (κ2) is 6.91. The van der Waals surface area contributed by atoms with E-state index in [9.17, 15) is 0 Å². The van der Waals surface area contributed by atoms with Crippen LogP contribution in [0.15, 0.2) is 60.4 Å². The van der Waals surface area contributed by atoms with Crippen molar-refractivity contribution in [2.24, 2.45) is 5.10 Å². The third-order valence-corrected chi connectivity index (χ3v) is 3.15. The molecule has 0 spiro atoms. The molecule has 1 aromatic carbocycles. The molecule has 3 rings (SSSR count). The fourth-order valence-electron chi connectivity index (χ4n) is 2.03. The van der Waals surface area contributed by atoms with Gasteiger partial charge >= 0.3 is 0 Å². The molecule has 0 radical (unpaired) electrons. The molecular formula is C15H17ClN6. The highest BCUT2D eigenvalue weighted by Gasteiger charge is 2.02. The standard InChI is InChI=1S/C15H16N6.ClH/c1-19(2)13-5-7-14(8-6-13)21-9-3-4-15(21)10-18-20-11-16-17-12-20;/h3-12H,1-2H3;1H/b18-10+;. The van der Waals surface area contributed by atoms with Gasteiger partial charge in [-0.05, 0) is 36.4 Å². The van der Waals surface area contributed by atoms with Gasteiger partial charge in [0.25, 0.3) is 0 Å². The fraction of sp³-hybridized carbons (Fsp3) is 0.133. The molecule has 0 fully saturated rings. The van der Waals surface area contributed by atoms with Crippen LogP contribution in [0.25, 0.3) is 5.69 Å². The van der Waals surface area contributed by atoms with Gasteiger partial charge in [0.15, 0.2) is 0 Å². The maximum Gasteiger partial charge on any atom is 0.141 e. The SMILES string of the molecule is CN(C)c1ccc(-n2cccc2/C=N/n2cnnc2)cc1.Cl. The van der Waals surface area contributed by atoms with Crippen molar-refractivity contribution >= 4 is 24.3 Å². The molecule has 22 heavy (non-hydrogen) atoms. The summed E-state index contributed by atoms with van der Waals surface area (Å²) in [6.45, 7) is 0. The van der Waals surface area contributed by atoms with Gasteiger partial charge < -0.3 is 9.47 Å². The minimum Gasteiger partial charge on any atom is -0.378 e. The lowest BCUT2D eigenvalue weighted by Gasteiger charge is -2.13. The molecule has 2 heterocycles. The Hall–Kier alpha value is -2.60. The zero-order chi connectivity index (χ0) is 14.7. The van der Waals surface area contributed by atoms with Crippen LogP contribution >= 0.6 is 12.4 Å². The van der Waals surface area contributed by atoms with E-state index in [1.165, 1.54) is 5.69 Å². The van der Waals surface area contributed by atoms with E-state index in [0.29, 0.717) is 0 Å². The van der Waals surface area contributed by atoms with Crippen LogP contribution in [0.3, 0.4) is 0 Å². The molecule has 0 amide bonds. The van der Waals surface area contributed by atoms with Gasteiger partial charge in [0, 0.05) is 31.7 Å². The highest BCUT2D eigenvalue weighted by Crippen LogP contribution is 2.17. The first kappa shape index (κ1) is 15.8. The zero-order valence-corrected chi connectivity index (χ0v) is 13.2. The van der Waals surface area contributed by atoms with E-state index in [-0.39, 0.29) is 12.4 Å². The molecule has 6 nitrogen and oxygen atoms in total. The number of benzene rings is 1. The molecule has 0 atom stereocenters. The summed E-state index contributed by atoms with van der Waals surface area (Å²) in [4.78, 5) is 2.08. The summed E-state index contributed by atoms with van der Waals surface area (Å²) < 4.78 is 3.64. The number of anilines is 1. The minimum atomic E-state index is 0. The Morgan fingerprint density at radius 3 is 2.36 bits per heavy atom. The summed E-state index contributed by atoms with van der Waals surface area (Å²) in [5.74, 6) is 0. The lowest BCUT2D eigenvalue weighted by Crippen LogP contribution is -2.08. The number of hydrogen-bond acceptors (Lipinski definition) is 4. The first-order chi connectivity index (χ1) is 10.2. The molecule has 0 saturated carbocycles. The van der Waals surface area contributed by atoms with Crippen molar-refractivity contribution in [2.75, 3.05) is 19.0 Å². The predicted octanol–water partition coefficient (Wildman–Crippen LogP) is 2.44. The van der Waals surface area contributed by atoms with E-state index in [1.807, 2.05) is 32.4 Å². The third kappa shape index (κ3) is 3.35. The fourth-order valence-corrected chi connectivity index (χ4v) is 2.03. The molecule has 3 aromatic rings. The number of rotatable bonds is 4. The second-order valence-electron chi connectivity index (χ2n) is 4.80. The summed E-state index contributed by atoms with van der Waals surface area (Å²) >= 11 is 0. The molecule has 0 saturated heterocycles. The Morgan fingerprint density at radius 1 is 1.05 bits per heavy atom. The van der Waals surface area contributed by atoms with Gasteiger partial charge in [0.1, 0.15) is 12.7 Å². The van der Waals surface area contributed by atoms with E-state index < -0.39 is 0 Å². The molecule has 114 valence electrons. The molecule has 0 aliphatic rings. The number of aromatic nitrogens is 4. The van der Waals surface area contributed by atoms with Crippen molar-refractivity contribution < 1.29 is 0 Å². The van der Waals surface area contributed by atoms with Gasteiger partial charge in [-0.25, -0.2) is 4.68 Å². The molecule has 0 aliphatic carbocycles. The summed E-state index contributed by atoms with van der Waals surface area (Å²) in [6, 6.07) is 12.4. The summed E-state index contributed by atoms with van der Waals surface area (Å²) in [5.41, 5.74) is 3.25.